The standard InChI is InChI=1S/C16H18FNO2/c1-10(2)13-7-12(9-19)8-15(18-13)20-14-6-4-5-11(3)16(14)17/h4-8,10,19H,9H2,1-3H3. The van der Waals surface area contributed by atoms with Crippen LogP contribution in [0.5, 0.6) is 11.6 Å². The molecule has 1 aromatic heterocycles. The first-order valence-corrected chi connectivity index (χ1v) is 6.56. The molecule has 1 aromatic carbocycles. The number of pyridine rings is 1. The fraction of sp³-hybridized carbons (Fsp3) is 0.312. The second kappa shape index (κ2) is 6.01. The summed E-state index contributed by atoms with van der Waals surface area (Å²) in [6.07, 6.45) is 0. The van der Waals surface area contributed by atoms with Crippen molar-refractivity contribution in [1.29, 1.82) is 0 Å². The number of ether oxygens (including phenoxy) is 1. The molecule has 1 N–H and O–H groups in total. The Morgan fingerprint density at radius 1 is 1.30 bits per heavy atom. The highest BCUT2D eigenvalue weighted by atomic mass is 19.1. The first kappa shape index (κ1) is 14.5. The van der Waals surface area contributed by atoms with Crippen LogP contribution in [0.15, 0.2) is 30.3 Å². The Hall–Kier alpha value is -1.94. The summed E-state index contributed by atoms with van der Waals surface area (Å²) < 4.78 is 19.5. The molecule has 0 amide bonds. The van der Waals surface area contributed by atoms with Gasteiger partial charge in [-0.2, -0.15) is 0 Å². The largest absolute Gasteiger partial charge is 0.436 e. The lowest BCUT2D eigenvalue weighted by Gasteiger charge is -2.12. The van der Waals surface area contributed by atoms with Crippen LogP contribution in [0.1, 0.15) is 36.6 Å². The van der Waals surface area contributed by atoms with Gasteiger partial charge in [0, 0.05) is 11.8 Å². The van der Waals surface area contributed by atoms with Gasteiger partial charge in [0.15, 0.2) is 11.6 Å². The lowest BCUT2D eigenvalue weighted by molar-refractivity contribution is 0.280. The molecule has 0 unspecified atom stereocenters. The highest BCUT2D eigenvalue weighted by Gasteiger charge is 2.11. The molecule has 2 aromatic rings. The maximum Gasteiger partial charge on any atom is 0.219 e. The van der Waals surface area contributed by atoms with Crippen molar-refractivity contribution in [2.75, 3.05) is 0 Å². The number of aromatic nitrogens is 1. The highest BCUT2D eigenvalue weighted by molar-refractivity contribution is 5.35. The summed E-state index contributed by atoms with van der Waals surface area (Å²) in [6.45, 7) is 5.58. The van der Waals surface area contributed by atoms with Gasteiger partial charge in [-0.15, -0.1) is 0 Å². The zero-order valence-corrected chi connectivity index (χ0v) is 11.9. The van der Waals surface area contributed by atoms with Crippen LogP contribution in [-0.4, -0.2) is 10.1 Å². The maximum atomic E-state index is 13.9. The second-order valence-corrected chi connectivity index (χ2v) is 5.04. The van der Waals surface area contributed by atoms with Crippen LogP contribution in [-0.2, 0) is 6.61 Å². The van der Waals surface area contributed by atoms with Gasteiger partial charge < -0.3 is 9.84 Å². The quantitative estimate of drug-likeness (QED) is 0.919. The molecular weight excluding hydrogens is 257 g/mol. The summed E-state index contributed by atoms with van der Waals surface area (Å²) in [7, 11) is 0. The van der Waals surface area contributed by atoms with Gasteiger partial charge in [-0.1, -0.05) is 26.0 Å². The molecule has 0 aliphatic rings. The van der Waals surface area contributed by atoms with Crippen molar-refractivity contribution in [3.8, 4) is 11.6 Å². The predicted molar refractivity (Wildman–Crippen MR) is 75.5 cm³/mol. The third kappa shape index (κ3) is 3.14. The Balaban J connectivity index is 2.37. The van der Waals surface area contributed by atoms with Crippen LogP contribution >= 0.6 is 0 Å². The van der Waals surface area contributed by atoms with E-state index in [2.05, 4.69) is 4.98 Å². The Labute approximate surface area is 118 Å². The van der Waals surface area contributed by atoms with Crippen molar-refractivity contribution >= 4 is 0 Å². The minimum Gasteiger partial charge on any atom is -0.436 e. The Bertz CT molecular complexity index is 611. The zero-order valence-electron chi connectivity index (χ0n) is 11.9. The van der Waals surface area contributed by atoms with E-state index in [0.29, 0.717) is 17.0 Å². The molecule has 0 atom stereocenters. The molecule has 0 saturated carbocycles. The van der Waals surface area contributed by atoms with E-state index in [1.807, 2.05) is 19.9 Å². The van der Waals surface area contributed by atoms with Gasteiger partial charge in [0.2, 0.25) is 5.88 Å². The number of aliphatic hydroxyl groups excluding tert-OH is 1. The Morgan fingerprint density at radius 2 is 2.05 bits per heavy atom. The lowest BCUT2D eigenvalue weighted by Crippen LogP contribution is -2.00. The van der Waals surface area contributed by atoms with Crippen LogP contribution in [0.3, 0.4) is 0 Å². The summed E-state index contributed by atoms with van der Waals surface area (Å²) in [5, 5.41) is 9.28. The van der Waals surface area contributed by atoms with E-state index < -0.39 is 5.82 Å². The number of benzene rings is 1. The Morgan fingerprint density at radius 3 is 2.70 bits per heavy atom. The first-order chi connectivity index (χ1) is 9.51. The van der Waals surface area contributed by atoms with E-state index >= 15 is 0 Å². The van der Waals surface area contributed by atoms with Crippen LogP contribution in [0, 0.1) is 12.7 Å². The summed E-state index contributed by atoms with van der Waals surface area (Å²) >= 11 is 0. The van der Waals surface area contributed by atoms with E-state index in [1.54, 1.807) is 31.2 Å². The number of aryl methyl sites for hydroxylation is 1. The molecule has 0 saturated heterocycles. The molecule has 0 aliphatic carbocycles. The Kier molecular flexibility index (Phi) is 4.35. The smallest absolute Gasteiger partial charge is 0.219 e. The van der Waals surface area contributed by atoms with E-state index in [1.165, 1.54) is 0 Å². The van der Waals surface area contributed by atoms with Crippen molar-refractivity contribution in [3.05, 3.63) is 53.0 Å². The van der Waals surface area contributed by atoms with Crippen molar-refractivity contribution in [3.63, 3.8) is 0 Å². The van der Waals surface area contributed by atoms with Crippen LogP contribution < -0.4 is 4.74 Å². The van der Waals surface area contributed by atoms with Gasteiger partial charge in [0.05, 0.1) is 6.61 Å². The minimum absolute atomic E-state index is 0.102. The van der Waals surface area contributed by atoms with E-state index in [-0.39, 0.29) is 18.3 Å². The molecule has 0 aliphatic heterocycles. The second-order valence-electron chi connectivity index (χ2n) is 5.04. The van der Waals surface area contributed by atoms with E-state index in [4.69, 9.17) is 4.74 Å². The molecule has 2 rings (SSSR count). The average molecular weight is 275 g/mol. The van der Waals surface area contributed by atoms with Crippen molar-refractivity contribution < 1.29 is 14.2 Å². The molecular formula is C16H18FNO2. The van der Waals surface area contributed by atoms with Gasteiger partial charge in [-0.25, -0.2) is 9.37 Å². The molecule has 0 bridgehead atoms. The third-order valence-electron chi connectivity index (χ3n) is 3.03. The van der Waals surface area contributed by atoms with Crippen LogP contribution in [0.2, 0.25) is 0 Å². The summed E-state index contributed by atoms with van der Waals surface area (Å²) in [5.41, 5.74) is 2.02. The number of rotatable bonds is 4. The minimum atomic E-state index is -0.394. The normalized spacial score (nSPS) is 10.9. The highest BCUT2D eigenvalue weighted by Crippen LogP contribution is 2.27. The van der Waals surface area contributed by atoms with Gasteiger partial charge in [-0.05, 0) is 36.1 Å². The number of nitrogens with zero attached hydrogens (tertiary/aromatic N) is 1. The van der Waals surface area contributed by atoms with Gasteiger partial charge >= 0.3 is 0 Å². The average Bonchev–Trinajstić information content (AvgIpc) is 2.43. The molecule has 4 heteroatoms. The summed E-state index contributed by atoms with van der Waals surface area (Å²) in [5.74, 6) is 0.244. The molecule has 0 fully saturated rings. The number of aliphatic hydroxyl groups is 1. The molecule has 3 nitrogen and oxygen atoms in total. The summed E-state index contributed by atoms with van der Waals surface area (Å²) in [6, 6.07) is 8.41. The molecule has 20 heavy (non-hydrogen) atoms. The number of hydrogen-bond acceptors (Lipinski definition) is 3. The van der Waals surface area contributed by atoms with Gasteiger partial charge in [0.1, 0.15) is 0 Å². The molecule has 0 radical (unpaired) electrons. The predicted octanol–water partition coefficient (Wildman–Crippen LogP) is 3.94. The fourth-order valence-electron chi connectivity index (χ4n) is 1.83. The third-order valence-corrected chi connectivity index (χ3v) is 3.03. The lowest BCUT2D eigenvalue weighted by atomic mass is 10.1. The van der Waals surface area contributed by atoms with Gasteiger partial charge in [-0.3, -0.25) is 0 Å². The SMILES string of the molecule is Cc1cccc(Oc2cc(CO)cc(C(C)C)n2)c1F. The number of hydrogen-bond donors (Lipinski definition) is 1. The summed E-state index contributed by atoms with van der Waals surface area (Å²) in [4.78, 5) is 4.35. The van der Waals surface area contributed by atoms with Gasteiger partial charge in [0.25, 0.3) is 0 Å². The topological polar surface area (TPSA) is 42.4 Å². The number of halogens is 1. The van der Waals surface area contributed by atoms with E-state index in [9.17, 15) is 9.50 Å². The monoisotopic (exact) mass is 275 g/mol. The maximum absolute atomic E-state index is 13.9. The van der Waals surface area contributed by atoms with Crippen LogP contribution in [0.25, 0.3) is 0 Å². The fourth-order valence-corrected chi connectivity index (χ4v) is 1.83. The van der Waals surface area contributed by atoms with E-state index in [0.717, 1.165) is 5.69 Å². The van der Waals surface area contributed by atoms with Crippen LogP contribution in [0.4, 0.5) is 4.39 Å². The first-order valence-electron chi connectivity index (χ1n) is 6.56. The zero-order chi connectivity index (χ0) is 14.7. The molecule has 1 heterocycles. The van der Waals surface area contributed by atoms with Crippen molar-refractivity contribution in [1.82, 2.24) is 4.98 Å². The van der Waals surface area contributed by atoms with Crippen molar-refractivity contribution in [2.24, 2.45) is 0 Å². The molecule has 106 valence electrons. The van der Waals surface area contributed by atoms with Crippen molar-refractivity contribution in [2.45, 2.75) is 33.3 Å². The molecule has 0 spiro atoms.